The highest BCUT2D eigenvalue weighted by molar-refractivity contribution is 5.82. The van der Waals surface area contributed by atoms with Gasteiger partial charge in [-0.3, -0.25) is 4.79 Å². The van der Waals surface area contributed by atoms with Gasteiger partial charge >= 0.3 is 0 Å². The summed E-state index contributed by atoms with van der Waals surface area (Å²) >= 11 is 0. The Bertz CT molecular complexity index is 651. The van der Waals surface area contributed by atoms with E-state index in [0.717, 1.165) is 17.7 Å². The summed E-state index contributed by atoms with van der Waals surface area (Å²) in [4.78, 5) is 12.2. The van der Waals surface area contributed by atoms with Gasteiger partial charge in [0.05, 0.1) is 20.5 Å². The van der Waals surface area contributed by atoms with Gasteiger partial charge in [-0.25, -0.2) is 0 Å². The molecule has 1 aromatic heterocycles. The molecule has 0 aliphatic heterocycles. The molecule has 22 heavy (non-hydrogen) atoms. The minimum atomic E-state index is 0.00255. The van der Waals surface area contributed by atoms with Crippen LogP contribution in [0.2, 0.25) is 0 Å². The van der Waals surface area contributed by atoms with Gasteiger partial charge in [-0.2, -0.15) is 0 Å². The van der Waals surface area contributed by atoms with Crippen LogP contribution >= 0.6 is 0 Å². The number of benzene rings is 1. The lowest BCUT2D eigenvalue weighted by molar-refractivity contribution is -0.122. The fraction of sp³-hybridized carbons (Fsp3) is 0.353. The maximum Gasteiger partial charge on any atom is 0.224 e. The fourth-order valence-corrected chi connectivity index (χ4v) is 2.71. The van der Waals surface area contributed by atoms with Crippen LogP contribution < -0.4 is 14.8 Å². The van der Waals surface area contributed by atoms with Crippen LogP contribution in [-0.2, 0) is 11.3 Å². The molecule has 1 heterocycles. The first-order valence-corrected chi connectivity index (χ1v) is 7.25. The summed E-state index contributed by atoms with van der Waals surface area (Å²) in [6, 6.07) is 9.40. The van der Waals surface area contributed by atoms with Crippen LogP contribution in [0.1, 0.15) is 23.7 Å². The summed E-state index contributed by atoms with van der Waals surface area (Å²) < 4.78 is 16.0. The monoisotopic (exact) mass is 301 g/mol. The normalized spacial score (nSPS) is 19.5. The highest BCUT2D eigenvalue weighted by Gasteiger charge is 2.45. The maximum absolute atomic E-state index is 12.2. The molecule has 1 aromatic carbocycles. The zero-order valence-corrected chi connectivity index (χ0v) is 12.7. The van der Waals surface area contributed by atoms with E-state index in [1.54, 1.807) is 20.5 Å². The van der Waals surface area contributed by atoms with Crippen LogP contribution in [0.3, 0.4) is 0 Å². The molecule has 1 fully saturated rings. The molecule has 2 atom stereocenters. The topological polar surface area (TPSA) is 60.7 Å². The quantitative estimate of drug-likeness (QED) is 0.891. The third-order valence-electron chi connectivity index (χ3n) is 3.97. The first kappa shape index (κ1) is 14.5. The van der Waals surface area contributed by atoms with Crippen molar-refractivity contribution in [2.24, 2.45) is 5.92 Å². The number of amides is 1. The Kier molecular flexibility index (Phi) is 4.04. The molecule has 1 aliphatic rings. The number of para-hydroxylation sites is 1. The largest absolute Gasteiger partial charge is 0.493 e. The van der Waals surface area contributed by atoms with Crippen molar-refractivity contribution in [2.75, 3.05) is 14.2 Å². The zero-order chi connectivity index (χ0) is 15.5. The highest BCUT2D eigenvalue weighted by atomic mass is 16.5. The molecule has 0 radical (unpaired) electrons. The van der Waals surface area contributed by atoms with Crippen molar-refractivity contribution >= 4 is 5.91 Å². The van der Waals surface area contributed by atoms with E-state index in [0.29, 0.717) is 18.0 Å². The SMILES string of the molecule is COc1cccc(CNC(=O)C2CC2c2ccco2)c1OC. The van der Waals surface area contributed by atoms with E-state index in [-0.39, 0.29) is 17.7 Å². The molecule has 1 aliphatic carbocycles. The van der Waals surface area contributed by atoms with Crippen LogP contribution in [-0.4, -0.2) is 20.1 Å². The van der Waals surface area contributed by atoms with Crippen LogP contribution in [0.5, 0.6) is 11.5 Å². The lowest BCUT2D eigenvalue weighted by Gasteiger charge is -2.13. The van der Waals surface area contributed by atoms with Crippen LogP contribution in [0.4, 0.5) is 0 Å². The summed E-state index contributed by atoms with van der Waals surface area (Å²) in [5.74, 6) is 2.47. The fourth-order valence-electron chi connectivity index (χ4n) is 2.71. The lowest BCUT2D eigenvalue weighted by atomic mass is 10.1. The number of methoxy groups -OCH3 is 2. The minimum Gasteiger partial charge on any atom is -0.493 e. The highest BCUT2D eigenvalue weighted by Crippen LogP contribution is 2.47. The van der Waals surface area contributed by atoms with E-state index in [9.17, 15) is 4.79 Å². The molecule has 3 rings (SSSR count). The van der Waals surface area contributed by atoms with Crippen molar-refractivity contribution in [1.29, 1.82) is 0 Å². The van der Waals surface area contributed by atoms with E-state index in [2.05, 4.69) is 5.32 Å². The second-order valence-corrected chi connectivity index (χ2v) is 5.33. The number of rotatable bonds is 6. The molecule has 116 valence electrons. The number of nitrogens with one attached hydrogen (secondary N) is 1. The molecule has 1 N–H and O–H groups in total. The summed E-state index contributed by atoms with van der Waals surface area (Å²) in [6.07, 6.45) is 2.48. The van der Waals surface area contributed by atoms with Crippen molar-refractivity contribution in [3.63, 3.8) is 0 Å². The lowest BCUT2D eigenvalue weighted by Crippen LogP contribution is -2.25. The van der Waals surface area contributed by atoms with Gasteiger partial charge in [0.2, 0.25) is 5.91 Å². The van der Waals surface area contributed by atoms with Crippen molar-refractivity contribution in [2.45, 2.75) is 18.9 Å². The smallest absolute Gasteiger partial charge is 0.224 e. The Hall–Kier alpha value is -2.43. The van der Waals surface area contributed by atoms with Crippen molar-refractivity contribution in [3.05, 3.63) is 47.9 Å². The standard InChI is InChI=1S/C17H19NO4/c1-20-15-6-3-5-11(16(15)21-2)10-18-17(19)13-9-12(13)14-7-4-8-22-14/h3-8,12-13H,9-10H2,1-2H3,(H,18,19). The number of furan rings is 1. The summed E-state index contributed by atoms with van der Waals surface area (Å²) in [5, 5.41) is 2.96. The maximum atomic E-state index is 12.2. The minimum absolute atomic E-state index is 0.00255. The molecule has 1 amide bonds. The first-order chi connectivity index (χ1) is 10.7. The van der Waals surface area contributed by atoms with Crippen molar-refractivity contribution < 1.29 is 18.7 Å². The predicted octanol–water partition coefficient (Wildman–Crippen LogP) is 2.72. The average molecular weight is 301 g/mol. The van der Waals surface area contributed by atoms with Gasteiger partial charge < -0.3 is 19.2 Å². The molecule has 5 nitrogen and oxygen atoms in total. The summed E-state index contributed by atoms with van der Waals surface area (Å²) in [7, 11) is 3.19. The number of ether oxygens (including phenoxy) is 2. The zero-order valence-electron chi connectivity index (χ0n) is 12.7. The van der Waals surface area contributed by atoms with E-state index in [1.807, 2.05) is 30.3 Å². The molecular weight excluding hydrogens is 282 g/mol. The first-order valence-electron chi connectivity index (χ1n) is 7.25. The Morgan fingerprint density at radius 2 is 2.14 bits per heavy atom. The van der Waals surface area contributed by atoms with Crippen LogP contribution in [0.15, 0.2) is 41.0 Å². The molecule has 2 unspecified atom stereocenters. The van der Waals surface area contributed by atoms with Crippen LogP contribution in [0.25, 0.3) is 0 Å². The number of hydrogen-bond acceptors (Lipinski definition) is 4. The average Bonchev–Trinajstić information content (AvgIpc) is 3.17. The number of hydrogen-bond donors (Lipinski definition) is 1. The van der Waals surface area contributed by atoms with E-state index >= 15 is 0 Å². The molecule has 1 saturated carbocycles. The molecule has 0 saturated heterocycles. The van der Waals surface area contributed by atoms with Gasteiger partial charge in [-0.05, 0) is 24.6 Å². The third kappa shape index (κ3) is 2.79. The van der Waals surface area contributed by atoms with Gasteiger partial charge in [0.25, 0.3) is 0 Å². The van der Waals surface area contributed by atoms with Gasteiger partial charge in [0.1, 0.15) is 5.76 Å². The predicted molar refractivity (Wildman–Crippen MR) is 80.9 cm³/mol. The van der Waals surface area contributed by atoms with Gasteiger partial charge in [0, 0.05) is 23.9 Å². The number of carbonyl (C=O) groups is 1. The van der Waals surface area contributed by atoms with E-state index < -0.39 is 0 Å². The number of carbonyl (C=O) groups excluding carboxylic acids is 1. The van der Waals surface area contributed by atoms with E-state index in [1.165, 1.54) is 0 Å². The third-order valence-corrected chi connectivity index (χ3v) is 3.97. The van der Waals surface area contributed by atoms with Gasteiger partial charge in [0.15, 0.2) is 11.5 Å². The van der Waals surface area contributed by atoms with Crippen molar-refractivity contribution in [1.82, 2.24) is 5.32 Å². The van der Waals surface area contributed by atoms with Crippen LogP contribution in [0, 0.1) is 5.92 Å². The molecular formula is C17H19NO4. The Morgan fingerprint density at radius 1 is 1.27 bits per heavy atom. The molecule has 5 heteroatoms. The summed E-state index contributed by atoms with van der Waals surface area (Å²) in [5.41, 5.74) is 0.894. The van der Waals surface area contributed by atoms with Gasteiger partial charge in [-0.1, -0.05) is 12.1 Å². The summed E-state index contributed by atoms with van der Waals surface area (Å²) in [6.45, 7) is 0.417. The van der Waals surface area contributed by atoms with Gasteiger partial charge in [-0.15, -0.1) is 0 Å². The Morgan fingerprint density at radius 3 is 2.82 bits per heavy atom. The molecule has 0 spiro atoms. The second kappa shape index (κ2) is 6.13. The molecule has 2 aromatic rings. The molecule has 0 bridgehead atoms. The van der Waals surface area contributed by atoms with E-state index in [4.69, 9.17) is 13.9 Å². The Labute approximate surface area is 129 Å². The van der Waals surface area contributed by atoms with Crippen molar-refractivity contribution in [3.8, 4) is 11.5 Å². The Balaban J connectivity index is 1.60. The second-order valence-electron chi connectivity index (χ2n) is 5.33.